The average Bonchev–Trinajstić information content (AvgIpc) is 2.32. The molecule has 1 rings (SSSR count). The highest BCUT2D eigenvalue weighted by Crippen LogP contribution is 2.19. The first kappa shape index (κ1) is 14.8. The van der Waals surface area contributed by atoms with Gasteiger partial charge in [0.05, 0.1) is 0 Å². The van der Waals surface area contributed by atoms with Gasteiger partial charge in [-0.3, -0.25) is 0 Å². The quantitative estimate of drug-likeness (QED) is 0.480. The van der Waals surface area contributed by atoms with Gasteiger partial charge in [0.2, 0.25) is 0 Å². The molecule has 0 bridgehead atoms. The van der Waals surface area contributed by atoms with Crippen molar-refractivity contribution >= 4 is 0 Å². The minimum Gasteiger partial charge on any atom is -0.385 e. The number of ether oxygens (including phenoxy) is 1. The van der Waals surface area contributed by atoms with Crippen LogP contribution in [0.4, 0.5) is 0 Å². The predicted molar refractivity (Wildman–Crippen MR) is 75.4 cm³/mol. The molecule has 0 aromatic heterocycles. The van der Waals surface area contributed by atoms with Crippen LogP contribution in [0, 0.1) is 0 Å². The number of allylic oxidation sites excluding steroid dienone is 2. The lowest BCUT2D eigenvalue weighted by molar-refractivity contribution is 0.195. The van der Waals surface area contributed by atoms with E-state index in [0.717, 1.165) is 6.61 Å². The van der Waals surface area contributed by atoms with Crippen LogP contribution in [0.5, 0.6) is 0 Å². The van der Waals surface area contributed by atoms with Crippen molar-refractivity contribution in [2.24, 2.45) is 0 Å². The summed E-state index contributed by atoms with van der Waals surface area (Å²) >= 11 is 0. The molecule has 0 radical (unpaired) electrons. The minimum atomic E-state index is 0.914. The predicted octanol–water partition coefficient (Wildman–Crippen LogP) is 5.25. The van der Waals surface area contributed by atoms with E-state index in [-0.39, 0.29) is 0 Å². The summed E-state index contributed by atoms with van der Waals surface area (Å²) in [5.41, 5.74) is 1.70. The molecule has 0 heterocycles. The Labute approximate surface area is 108 Å². The molecule has 17 heavy (non-hydrogen) atoms. The Kier molecular flexibility index (Phi) is 9.40. The Morgan fingerprint density at radius 1 is 0.941 bits per heavy atom. The van der Waals surface area contributed by atoms with Crippen molar-refractivity contribution < 1.29 is 4.74 Å². The summed E-state index contributed by atoms with van der Waals surface area (Å²) in [6, 6.07) is 0. The van der Waals surface area contributed by atoms with E-state index in [2.05, 4.69) is 6.08 Å². The zero-order valence-electron chi connectivity index (χ0n) is 11.7. The Morgan fingerprint density at radius 2 is 1.59 bits per heavy atom. The summed E-state index contributed by atoms with van der Waals surface area (Å²) in [5.74, 6) is 0. The molecule has 1 heteroatoms. The second kappa shape index (κ2) is 10.8. The highest BCUT2D eigenvalue weighted by molar-refractivity contribution is 5.02. The molecular weight excluding hydrogens is 208 g/mol. The van der Waals surface area contributed by atoms with E-state index in [1.165, 1.54) is 77.0 Å². The highest BCUT2D eigenvalue weighted by atomic mass is 16.5. The molecular formula is C16H30O. The van der Waals surface area contributed by atoms with Crippen molar-refractivity contribution in [2.75, 3.05) is 13.7 Å². The summed E-state index contributed by atoms with van der Waals surface area (Å²) < 4.78 is 5.14. The fraction of sp³-hybridized carbons (Fsp3) is 0.875. The first-order valence-corrected chi connectivity index (χ1v) is 7.60. The summed E-state index contributed by atoms with van der Waals surface area (Å²) in [7, 11) is 1.80. The topological polar surface area (TPSA) is 9.23 Å². The van der Waals surface area contributed by atoms with Crippen LogP contribution in [0.3, 0.4) is 0 Å². The van der Waals surface area contributed by atoms with Crippen LogP contribution in [0.25, 0.3) is 0 Å². The maximum Gasteiger partial charge on any atom is 0.0465 e. The van der Waals surface area contributed by atoms with Crippen molar-refractivity contribution in [3.63, 3.8) is 0 Å². The molecule has 100 valence electrons. The second-order valence-electron chi connectivity index (χ2n) is 5.33. The average molecular weight is 238 g/mol. The van der Waals surface area contributed by atoms with Gasteiger partial charge in [0.1, 0.15) is 0 Å². The lowest BCUT2D eigenvalue weighted by Gasteiger charge is -2.09. The van der Waals surface area contributed by atoms with E-state index in [0.29, 0.717) is 0 Å². The van der Waals surface area contributed by atoms with Crippen LogP contribution < -0.4 is 0 Å². The fourth-order valence-corrected chi connectivity index (χ4v) is 2.64. The van der Waals surface area contributed by atoms with Crippen molar-refractivity contribution in [2.45, 2.75) is 77.0 Å². The Hall–Kier alpha value is -0.300. The van der Waals surface area contributed by atoms with Crippen LogP contribution in [-0.2, 0) is 4.74 Å². The van der Waals surface area contributed by atoms with Crippen LogP contribution in [0.1, 0.15) is 77.0 Å². The van der Waals surface area contributed by atoms with Gasteiger partial charge >= 0.3 is 0 Å². The summed E-state index contributed by atoms with van der Waals surface area (Å²) in [4.78, 5) is 0. The number of hydrogen-bond acceptors (Lipinski definition) is 1. The smallest absolute Gasteiger partial charge is 0.0465 e. The molecule has 1 aliphatic rings. The van der Waals surface area contributed by atoms with Gasteiger partial charge in [0.25, 0.3) is 0 Å². The van der Waals surface area contributed by atoms with E-state index < -0.39 is 0 Å². The molecule has 1 nitrogen and oxygen atoms in total. The Morgan fingerprint density at radius 3 is 2.29 bits per heavy atom. The van der Waals surface area contributed by atoms with Crippen molar-refractivity contribution in [1.29, 1.82) is 0 Å². The standard InChI is InChI=1S/C16H30O/c1-17-15-11-14-16-12-9-7-5-3-2-4-6-8-10-13-16/h12H,2-11,13-15H2,1H3/b16-12+. The lowest BCUT2D eigenvalue weighted by Crippen LogP contribution is -1.93. The van der Waals surface area contributed by atoms with Gasteiger partial charge < -0.3 is 4.74 Å². The molecule has 0 saturated heterocycles. The first-order valence-electron chi connectivity index (χ1n) is 7.60. The van der Waals surface area contributed by atoms with Crippen LogP contribution in [-0.4, -0.2) is 13.7 Å². The van der Waals surface area contributed by atoms with E-state index in [1.807, 2.05) is 0 Å². The number of methoxy groups -OCH3 is 1. The van der Waals surface area contributed by atoms with Gasteiger partial charge in [-0.05, 0) is 38.5 Å². The molecule has 0 fully saturated rings. The maximum atomic E-state index is 5.14. The SMILES string of the molecule is COCCC/C1=C/CCCCCCCCCC1. The van der Waals surface area contributed by atoms with Gasteiger partial charge in [-0.25, -0.2) is 0 Å². The molecule has 1 aliphatic carbocycles. The molecule has 0 atom stereocenters. The van der Waals surface area contributed by atoms with Crippen LogP contribution >= 0.6 is 0 Å². The molecule has 0 aliphatic heterocycles. The van der Waals surface area contributed by atoms with Gasteiger partial charge in [-0.2, -0.15) is 0 Å². The van der Waals surface area contributed by atoms with Gasteiger partial charge in [0.15, 0.2) is 0 Å². The third-order valence-electron chi connectivity index (χ3n) is 3.73. The molecule has 0 unspecified atom stereocenters. The van der Waals surface area contributed by atoms with Crippen molar-refractivity contribution in [3.8, 4) is 0 Å². The van der Waals surface area contributed by atoms with Crippen molar-refractivity contribution in [1.82, 2.24) is 0 Å². The van der Waals surface area contributed by atoms with E-state index >= 15 is 0 Å². The minimum absolute atomic E-state index is 0.914. The van der Waals surface area contributed by atoms with Gasteiger partial charge in [-0.1, -0.05) is 50.2 Å². The molecule has 0 aromatic rings. The van der Waals surface area contributed by atoms with Gasteiger partial charge in [0, 0.05) is 13.7 Å². The largest absolute Gasteiger partial charge is 0.385 e. The molecule has 0 amide bonds. The second-order valence-corrected chi connectivity index (χ2v) is 5.33. The van der Waals surface area contributed by atoms with E-state index in [9.17, 15) is 0 Å². The Balaban J connectivity index is 2.28. The number of hydrogen-bond donors (Lipinski definition) is 0. The molecule has 0 spiro atoms. The molecule has 0 saturated carbocycles. The van der Waals surface area contributed by atoms with Crippen LogP contribution in [0.2, 0.25) is 0 Å². The zero-order chi connectivity index (χ0) is 12.2. The monoisotopic (exact) mass is 238 g/mol. The van der Waals surface area contributed by atoms with E-state index in [1.54, 1.807) is 12.7 Å². The summed E-state index contributed by atoms with van der Waals surface area (Å²) in [6.45, 7) is 0.914. The third-order valence-corrected chi connectivity index (χ3v) is 3.73. The zero-order valence-corrected chi connectivity index (χ0v) is 11.7. The van der Waals surface area contributed by atoms with Crippen LogP contribution in [0.15, 0.2) is 11.6 Å². The Bertz CT molecular complexity index is 196. The highest BCUT2D eigenvalue weighted by Gasteiger charge is 2.00. The maximum absolute atomic E-state index is 5.14. The normalized spacial score (nSPS) is 23.2. The fourth-order valence-electron chi connectivity index (χ4n) is 2.64. The summed E-state index contributed by atoms with van der Waals surface area (Å²) in [5, 5.41) is 0. The number of rotatable bonds is 4. The van der Waals surface area contributed by atoms with Gasteiger partial charge in [-0.15, -0.1) is 0 Å². The first-order chi connectivity index (χ1) is 8.43. The van der Waals surface area contributed by atoms with Crippen molar-refractivity contribution in [3.05, 3.63) is 11.6 Å². The van der Waals surface area contributed by atoms with E-state index in [4.69, 9.17) is 4.74 Å². The lowest BCUT2D eigenvalue weighted by atomic mass is 9.98. The summed E-state index contributed by atoms with van der Waals surface area (Å²) in [6.07, 6.45) is 19.1. The third kappa shape index (κ3) is 8.43. The molecule has 0 aromatic carbocycles. The molecule has 0 N–H and O–H groups in total.